The maximum Gasteiger partial charge on any atom is 0.290 e. The van der Waals surface area contributed by atoms with Gasteiger partial charge in [0.15, 0.2) is 11.8 Å². The lowest BCUT2D eigenvalue weighted by Crippen LogP contribution is -2.47. The van der Waals surface area contributed by atoms with Gasteiger partial charge in [-0.3, -0.25) is 20.4 Å². The van der Waals surface area contributed by atoms with E-state index in [-0.39, 0.29) is 0 Å². The van der Waals surface area contributed by atoms with Gasteiger partial charge in [0.05, 0.1) is 5.69 Å². The minimum Gasteiger partial charge on any atom is -0.481 e. The van der Waals surface area contributed by atoms with Crippen LogP contribution in [0.1, 0.15) is 35.1 Å². The number of carbonyl (C=O) groups excluding carboxylic acids is 2. The average molecular weight is 441 g/mol. The van der Waals surface area contributed by atoms with Crippen molar-refractivity contribution < 1.29 is 14.3 Å². The summed E-state index contributed by atoms with van der Waals surface area (Å²) in [4.78, 5) is 25.4. The molecule has 7 heteroatoms. The zero-order valence-corrected chi connectivity index (χ0v) is 18.2. The first kappa shape index (κ1) is 20.8. The number of benzene rings is 3. The molecule has 7 nitrogen and oxygen atoms in total. The normalized spacial score (nSPS) is 13.4. The van der Waals surface area contributed by atoms with Gasteiger partial charge < -0.3 is 4.74 Å². The van der Waals surface area contributed by atoms with E-state index in [4.69, 9.17) is 4.74 Å². The third-order valence-electron chi connectivity index (χ3n) is 5.85. The number of amides is 2. The Bertz CT molecular complexity index is 1330. The van der Waals surface area contributed by atoms with Crippen LogP contribution in [0.25, 0.3) is 16.5 Å². The number of para-hydroxylation sites is 1. The molecule has 33 heavy (non-hydrogen) atoms. The van der Waals surface area contributed by atoms with E-state index in [9.17, 15) is 9.59 Å². The first-order valence-electron chi connectivity index (χ1n) is 11.0. The number of ether oxygens (including phenoxy) is 1. The third kappa shape index (κ3) is 4.17. The van der Waals surface area contributed by atoms with E-state index >= 15 is 0 Å². The maximum absolute atomic E-state index is 12.8. The third-order valence-corrected chi connectivity index (χ3v) is 5.85. The van der Waals surface area contributed by atoms with E-state index in [0.29, 0.717) is 11.4 Å². The maximum atomic E-state index is 12.8. The molecular formula is C26H24N4O3. The lowest BCUT2D eigenvalue weighted by atomic mass is 10.1. The highest BCUT2D eigenvalue weighted by molar-refractivity contribution is 5.96. The number of hydrogen-bond donors (Lipinski definition) is 2. The zero-order chi connectivity index (χ0) is 22.8. The molecule has 0 fully saturated rings. The van der Waals surface area contributed by atoms with Crippen molar-refractivity contribution >= 4 is 22.6 Å². The smallest absolute Gasteiger partial charge is 0.290 e. The van der Waals surface area contributed by atoms with Gasteiger partial charge in [-0.05, 0) is 61.2 Å². The summed E-state index contributed by atoms with van der Waals surface area (Å²) in [5, 5.41) is 6.66. The topological polar surface area (TPSA) is 85.2 Å². The number of hydrazine groups is 1. The zero-order valence-electron chi connectivity index (χ0n) is 18.2. The Morgan fingerprint density at radius 1 is 0.939 bits per heavy atom. The van der Waals surface area contributed by atoms with Crippen molar-refractivity contribution in [2.45, 2.75) is 32.3 Å². The quantitative estimate of drug-likeness (QED) is 0.463. The molecule has 2 N–H and O–H groups in total. The summed E-state index contributed by atoms with van der Waals surface area (Å²) in [5.74, 6) is -0.299. The fourth-order valence-electron chi connectivity index (χ4n) is 4.18. The van der Waals surface area contributed by atoms with Gasteiger partial charge in [-0.25, -0.2) is 4.68 Å². The lowest BCUT2D eigenvalue weighted by Gasteiger charge is -2.15. The van der Waals surface area contributed by atoms with E-state index in [1.54, 1.807) is 6.92 Å². The number of carbonyl (C=O) groups is 2. The fourth-order valence-corrected chi connectivity index (χ4v) is 4.18. The minimum atomic E-state index is -0.793. The van der Waals surface area contributed by atoms with Gasteiger partial charge >= 0.3 is 0 Å². The molecule has 0 bridgehead atoms. The summed E-state index contributed by atoms with van der Waals surface area (Å²) in [6.07, 6.45) is 1.84. The number of nitrogens with one attached hydrogen (secondary N) is 2. The van der Waals surface area contributed by atoms with E-state index in [0.717, 1.165) is 47.0 Å². The molecule has 1 aliphatic carbocycles. The Balaban J connectivity index is 1.25. The standard InChI is InChI=1S/C26H24N4O3/c1-17(33-21-15-14-18-8-5-6-9-19(18)16-21)25(31)27-28-26(32)24-22-12-7-13-23(22)30(29-24)20-10-3-2-4-11-20/h2-6,8-11,14-17H,7,12-13H2,1H3,(H,27,31)(H,28,32). The average Bonchev–Trinajstić information content (AvgIpc) is 3.46. The van der Waals surface area contributed by atoms with Crippen LogP contribution in [-0.4, -0.2) is 27.7 Å². The number of fused-ring (bicyclic) bond motifs is 2. The molecule has 5 rings (SSSR count). The molecule has 2 amide bonds. The van der Waals surface area contributed by atoms with Gasteiger partial charge in [-0.2, -0.15) is 5.10 Å². The molecular weight excluding hydrogens is 416 g/mol. The van der Waals surface area contributed by atoms with Crippen LogP contribution in [-0.2, 0) is 17.6 Å². The van der Waals surface area contributed by atoms with Crippen LogP contribution in [0.4, 0.5) is 0 Å². The second-order valence-corrected chi connectivity index (χ2v) is 8.09. The molecule has 0 spiro atoms. The predicted octanol–water partition coefficient (Wildman–Crippen LogP) is 3.74. The van der Waals surface area contributed by atoms with Crippen molar-refractivity contribution in [3.63, 3.8) is 0 Å². The van der Waals surface area contributed by atoms with Crippen molar-refractivity contribution in [3.05, 3.63) is 89.7 Å². The van der Waals surface area contributed by atoms with Gasteiger partial charge in [0.25, 0.3) is 11.8 Å². The van der Waals surface area contributed by atoms with Crippen LogP contribution in [0.5, 0.6) is 5.75 Å². The summed E-state index contributed by atoms with van der Waals surface area (Å²) in [6.45, 7) is 1.64. The summed E-state index contributed by atoms with van der Waals surface area (Å²) < 4.78 is 7.60. The van der Waals surface area contributed by atoms with Crippen molar-refractivity contribution in [3.8, 4) is 11.4 Å². The van der Waals surface area contributed by atoms with Gasteiger partial charge in [-0.1, -0.05) is 48.5 Å². The van der Waals surface area contributed by atoms with Gasteiger partial charge in [-0.15, -0.1) is 0 Å². The number of hydrogen-bond acceptors (Lipinski definition) is 4. The van der Waals surface area contributed by atoms with Crippen molar-refractivity contribution in [2.75, 3.05) is 0 Å². The highest BCUT2D eigenvalue weighted by Gasteiger charge is 2.27. The Morgan fingerprint density at radius 3 is 2.52 bits per heavy atom. The van der Waals surface area contributed by atoms with Gasteiger partial charge in [0, 0.05) is 11.3 Å². The largest absolute Gasteiger partial charge is 0.481 e. The van der Waals surface area contributed by atoms with Gasteiger partial charge in [0.2, 0.25) is 0 Å². The van der Waals surface area contributed by atoms with Crippen LogP contribution >= 0.6 is 0 Å². The van der Waals surface area contributed by atoms with Crippen LogP contribution in [0.3, 0.4) is 0 Å². The molecule has 1 aromatic heterocycles. The summed E-state index contributed by atoms with van der Waals surface area (Å²) in [6, 6.07) is 23.3. The summed E-state index contributed by atoms with van der Waals surface area (Å²) >= 11 is 0. The first-order chi connectivity index (χ1) is 16.1. The van der Waals surface area contributed by atoms with E-state index in [1.807, 2.05) is 77.5 Å². The van der Waals surface area contributed by atoms with Crippen molar-refractivity contribution in [1.82, 2.24) is 20.6 Å². The fraction of sp³-hybridized carbons (Fsp3) is 0.192. The molecule has 0 saturated heterocycles. The summed E-state index contributed by atoms with van der Waals surface area (Å²) in [7, 11) is 0. The predicted molar refractivity (Wildman–Crippen MR) is 125 cm³/mol. The number of rotatable bonds is 5. The highest BCUT2D eigenvalue weighted by atomic mass is 16.5. The highest BCUT2D eigenvalue weighted by Crippen LogP contribution is 2.27. The molecule has 166 valence electrons. The molecule has 1 heterocycles. The van der Waals surface area contributed by atoms with Gasteiger partial charge in [0.1, 0.15) is 5.75 Å². The molecule has 4 aromatic rings. The minimum absolute atomic E-state index is 0.342. The molecule has 0 radical (unpaired) electrons. The van der Waals surface area contributed by atoms with Crippen LogP contribution in [0, 0.1) is 0 Å². The number of aromatic nitrogens is 2. The summed E-state index contributed by atoms with van der Waals surface area (Å²) in [5.41, 5.74) is 8.20. The second-order valence-electron chi connectivity index (χ2n) is 8.09. The van der Waals surface area contributed by atoms with Crippen LogP contribution < -0.4 is 15.6 Å². The Labute approximate surface area is 191 Å². The molecule has 1 atom stereocenters. The second kappa shape index (κ2) is 8.78. The van der Waals surface area contributed by atoms with Crippen LogP contribution in [0.15, 0.2) is 72.8 Å². The molecule has 1 unspecified atom stereocenters. The molecule has 0 saturated carbocycles. The van der Waals surface area contributed by atoms with Crippen LogP contribution in [0.2, 0.25) is 0 Å². The first-order valence-corrected chi connectivity index (χ1v) is 11.0. The van der Waals surface area contributed by atoms with E-state index < -0.39 is 17.9 Å². The SMILES string of the molecule is CC(Oc1ccc2ccccc2c1)C(=O)NNC(=O)c1nn(-c2ccccc2)c2c1CCC2. The van der Waals surface area contributed by atoms with Crippen molar-refractivity contribution in [1.29, 1.82) is 0 Å². The Kier molecular flexibility index (Phi) is 5.52. The van der Waals surface area contributed by atoms with Crippen molar-refractivity contribution in [2.24, 2.45) is 0 Å². The lowest BCUT2D eigenvalue weighted by molar-refractivity contribution is -0.128. The molecule has 0 aliphatic heterocycles. The van der Waals surface area contributed by atoms with E-state index in [2.05, 4.69) is 16.0 Å². The Hall–Kier alpha value is -4.13. The Morgan fingerprint density at radius 2 is 1.70 bits per heavy atom. The monoisotopic (exact) mass is 440 g/mol. The molecule has 1 aliphatic rings. The van der Waals surface area contributed by atoms with E-state index in [1.165, 1.54) is 0 Å². The molecule has 3 aromatic carbocycles. The number of nitrogens with zero attached hydrogens (tertiary/aromatic N) is 2.